The number of hydroxylamine groups is 1. The van der Waals surface area contributed by atoms with E-state index in [1.807, 2.05) is 35.8 Å². The first-order valence-electron chi connectivity index (χ1n) is 7.92. The second-order valence-corrected chi connectivity index (χ2v) is 6.28. The molecule has 2 aromatic carbocycles. The number of amides is 2. The van der Waals surface area contributed by atoms with Crippen LogP contribution in [0, 0.1) is 5.82 Å². The summed E-state index contributed by atoms with van der Waals surface area (Å²) in [6, 6.07) is 12.8. The van der Waals surface area contributed by atoms with Crippen molar-refractivity contribution < 1.29 is 19.0 Å². The van der Waals surface area contributed by atoms with Gasteiger partial charge in [0.05, 0.1) is 10.2 Å². The number of hydrogen-bond acceptors (Lipinski definition) is 6. The highest BCUT2D eigenvalue weighted by atomic mass is 79.9. The third-order valence-electron chi connectivity index (χ3n) is 3.49. The van der Waals surface area contributed by atoms with Crippen LogP contribution in [-0.4, -0.2) is 27.4 Å². The van der Waals surface area contributed by atoms with Crippen molar-refractivity contribution in [2.45, 2.75) is 6.54 Å². The number of halogens is 2. The zero-order valence-electron chi connectivity index (χ0n) is 14.2. The SMILES string of the molecule is O=C(NCc1ccccc1)Nc1nonc1C(=Nc1ccc(F)c(Br)c1)NO. The number of amidine groups is 1. The normalized spacial score (nSPS) is 11.2. The highest BCUT2D eigenvalue weighted by Gasteiger charge is 2.18. The number of carbonyl (C=O) groups excluding carboxylic acids is 1. The second kappa shape index (κ2) is 9.06. The summed E-state index contributed by atoms with van der Waals surface area (Å²) in [6.45, 7) is 0.302. The Hall–Kier alpha value is -3.31. The van der Waals surface area contributed by atoms with E-state index in [0.29, 0.717) is 12.2 Å². The van der Waals surface area contributed by atoms with Gasteiger partial charge in [-0.2, -0.15) is 0 Å². The van der Waals surface area contributed by atoms with Gasteiger partial charge < -0.3 is 5.32 Å². The smallest absolute Gasteiger partial charge is 0.320 e. The molecule has 144 valence electrons. The van der Waals surface area contributed by atoms with E-state index in [-0.39, 0.29) is 21.8 Å². The quantitative estimate of drug-likeness (QED) is 0.269. The van der Waals surface area contributed by atoms with E-state index in [0.717, 1.165) is 5.56 Å². The number of hydrogen-bond donors (Lipinski definition) is 4. The van der Waals surface area contributed by atoms with Crippen molar-refractivity contribution in [1.82, 2.24) is 21.1 Å². The van der Waals surface area contributed by atoms with Gasteiger partial charge in [0.15, 0.2) is 11.5 Å². The molecule has 0 spiro atoms. The van der Waals surface area contributed by atoms with Gasteiger partial charge in [-0.3, -0.25) is 16.0 Å². The van der Waals surface area contributed by atoms with Crippen LogP contribution in [0.25, 0.3) is 0 Å². The lowest BCUT2D eigenvalue weighted by Crippen LogP contribution is -2.30. The Morgan fingerprint density at radius 2 is 2.00 bits per heavy atom. The van der Waals surface area contributed by atoms with Crippen molar-refractivity contribution in [3.8, 4) is 0 Å². The van der Waals surface area contributed by atoms with Crippen molar-refractivity contribution in [2.75, 3.05) is 5.32 Å². The lowest BCUT2D eigenvalue weighted by Gasteiger charge is -2.07. The highest BCUT2D eigenvalue weighted by Crippen LogP contribution is 2.23. The number of aromatic nitrogens is 2. The average molecular weight is 449 g/mol. The molecule has 1 aromatic heterocycles. The molecule has 0 radical (unpaired) electrons. The Morgan fingerprint density at radius 1 is 1.21 bits per heavy atom. The van der Waals surface area contributed by atoms with Crippen molar-refractivity contribution in [3.63, 3.8) is 0 Å². The van der Waals surface area contributed by atoms with Crippen molar-refractivity contribution >= 4 is 39.3 Å². The van der Waals surface area contributed by atoms with Gasteiger partial charge in [0.25, 0.3) is 0 Å². The first-order chi connectivity index (χ1) is 13.6. The van der Waals surface area contributed by atoms with Crippen LogP contribution in [0.2, 0.25) is 0 Å². The number of nitrogens with zero attached hydrogens (tertiary/aromatic N) is 3. The van der Waals surface area contributed by atoms with Gasteiger partial charge in [0.2, 0.25) is 5.82 Å². The highest BCUT2D eigenvalue weighted by molar-refractivity contribution is 9.10. The minimum Gasteiger partial charge on any atom is -0.334 e. The fraction of sp³-hybridized carbons (Fsp3) is 0.0588. The molecule has 0 aliphatic heterocycles. The summed E-state index contributed by atoms with van der Waals surface area (Å²) in [5, 5.41) is 21.7. The number of anilines is 1. The van der Waals surface area contributed by atoms with Gasteiger partial charge in [0, 0.05) is 6.54 Å². The van der Waals surface area contributed by atoms with Crippen LogP contribution in [-0.2, 0) is 6.54 Å². The number of aliphatic imine (C=N–C) groups is 1. The topological polar surface area (TPSA) is 125 Å². The van der Waals surface area contributed by atoms with E-state index < -0.39 is 11.8 Å². The minimum absolute atomic E-state index is 0.0437. The number of carbonyl (C=O) groups is 1. The predicted octanol–water partition coefficient (Wildman–Crippen LogP) is 3.35. The molecule has 28 heavy (non-hydrogen) atoms. The van der Waals surface area contributed by atoms with Crippen LogP contribution < -0.4 is 16.1 Å². The van der Waals surface area contributed by atoms with Crippen LogP contribution >= 0.6 is 15.9 Å². The Morgan fingerprint density at radius 3 is 2.71 bits per heavy atom. The third kappa shape index (κ3) is 4.90. The summed E-state index contributed by atoms with van der Waals surface area (Å²) in [4.78, 5) is 16.2. The van der Waals surface area contributed by atoms with Crippen LogP contribution in [0.4, 0.5) is 20.7 Å². The number of urea groups is 1. The number of benzene rings is 2. The van der Waals surface area contributed by atoms with Gasteiger partial charge in [-0.25, -0.2) is 18.8 Å². The maximum Gasteiger partial charge on any atom is 0.320 e. The molecule has 0 saturated carbocycles. The van der Waals surface area contributed by atoms with Crippen molar-refractivity contribution in [3.05, 3.63) is 70.1 Å². The second-order valence-electron chi connectivity index (χ2n) is 5.43. The molecule has 0 aliphatic rings. The molecule has 0 unspecified atom stereocenters. The number of rotatable bonds is 5. The molecule has 3 rings (SSSR count). The Kier molecular flexibility index (Phi) is 6.29. The molecule has 0 bridgehead atoms. The largest absolute Gasteiger partial charge is 0.334 e. The molecule has 11 heteroatoms. The lowest BCUT2D eigenvalue weighted by molar-refractivity contribution is 0.234. The Balaban J connectivity index is 1.73. The van der Waals surface area contributed by atoms with E-state index >= 15 is 0 Å². The first kappa shape index (κ1) is 19.5. The lowest BCUT2D eigenvalue weighted by atomic mass is 10.2. The van der Waals surface area contributed by atoms with E-state index in [1.54, 1.807) is 0 Å². The summed E-state index contributed by atoms with van der Waals surface area (Å²) in [7, 11) is 0. The average Bonchev–Trinajstić information content (AvgIpc) is 3.16. The maximum absolute atomic E-state index is 13.3. The first-order valence-corrected chi connectivity index (χ1v) is 8.71. The molecule has 0 atom stereocenters. The van der Waals surface area contributed by atoms with E-state index in [4.69, 9.17) is 0 Å². The van der Waals surface area contributed by atoms with Crippen LogP contribution in [0.5, 0.6) is 0 Å². The molecular weight excluding hydrogens is 435 g/mol. The summed E-state index contributed by atoms with van der Waals surface area (Å²) >= 11 is 3.05. The fourth-order valence-corrected chi connectivity index (χ4v) is 2.54. The Bertz CT molecular complexity index is 996. The van der Waals surface area contributed by atoms with Crippen LogP contribution in [0.3, 0.4) is 0 Å². The summed E-state index contributed by atoms with van der Waals surface area (Å²) in [5.41, 5.74) is 3.05. The molecule has 4 N–H and O–H groups in total. The van der Waals surface area contributed by atoms with Gasteiger partial charge >= 0.3 is 6.03 Å². The van der Waals surface area contributed by atoms with Gasteiger partial charge in [-0.15, -0.1) is 0 Å². The van der Waals surface area contributed by atoms with E-state index in [1.165, 1.54) is 18.2 Å². The number of nitrogens with one attached hydrogen (secondary N) is 3. The molecule has 0 saturated heterocycles. The van der Waals surface area contributed by atoms with E-state index in [9.17, 15) is 14.4 Å². The monoisotopic (exact) mass is 448 g/mol. The molecular formula is C17H14BrFN6O3. The molecule has 2 amide bonds. The standard InChI is InChI=1S/C17H14BrFN6O3/c18-12-8-11(6-7-13(12)19)21-15(23-27)14-16(25-28-24-14)22-17(26)20-9-10-4-2-1-3-5-10/h1-8,27H,9H2,(H,21,23)(H2,20,22,25,26). The van der Waals surface area contributed by atoms with Crippen LogP contribution in [0.15, 0.2) is 62.6 Å². The summed E-state index contributed by atoms with van der Waals surface area (Å²) in [6.07, 6.45) is 0. The fourth-order valence-electron chi connectivity index (χ4n) is 2.17. The third-order valence-corrected chi connectivity index (χ3v) is 4.10. The molecule has 0 fully saturated rings. The van der Waals surface area contributed by atoms with Gasteiger partial charge in [0.1, 0.15) is 5.82 Å². The maximum atomic E-state index is 13.3. The summed E-state index contributed by atoms with van der Waals surface area (Å²) < 4.78 is 18.2. The van der Waals surface area contributed by atoms with Crippen LogP contribution in [0.1, 0.15) is 11.3 Å². The molecule has 3 aromatic rings. The zero-order valence-corrected chi connectivity index (χ0v) is 15.8. The minimum atomic E-state index is -0.553. The molecule has 9 nitrogen and oxygen atoms in total. The molecule has 0 aliphatic carbocycles. The van der Waals surface area contributed by atoms with Gasteiger partial charge in [-0.05, 0) is 50.0 Å². The predicted molar refractivity (Wildman–Crippen MR) is 102 cm³/mol. The van der Waals surface area contributed by atoms with Gasteiger partial charge in [-0.1, -0.05) is 30.3 Å². The summed E-state index contributed by atoms with van der Waals surface area (Å²) in [5.74, 6) is -0.678. The molecule has 1 heterocycles. The Labute approximate surface area is 166 Å². The van der Waals surface area contributed by atoms with Crippen molar-refractivity contribution in [1.29, 1.82) is 0 Å². The van der Waals surface area contributed by atoms with E-state index in [2.05, 4.69) is 46.5 Å². The zero-order chi connectivity index (χ0) is 19.9. The van der Waals surface area contributed by atoms with Crippen molar-refractivity contribution in [2.24, 2.45) is 4.99 Å².